The van der Waals surface area contributed by atoms with Gasteiger partial charge < -0.3 is 4.74 Å². The second-order valence-electron chi connectivity index (χ2n) is 8.26. The molecule has 0 spiro atoms. The van der Waals surface area contributed by atoms with Crippen molar-refractivity contribution in [3.05, 3.63) is 35.9 Å². The standard InChI is InChI=1S/C23H29NO5S/c1-5-29-21(25)12-7-6-8-15-24-16(2)23(3,4)22-18-10-9-11-20(30(26,27)28)17(18)13-14-19(22)24/h9-11,13-14H,5-8,12,15H2,1-4H3/p+1. The number of nitrogens with zero attached hydrogens (tertiary/aromatic N) is 1. The predicted octanol–water partition coefficient (Wildman–Crippen LogP) is 4.61. The highest BCUT2D eigenvalue weighted by Gasteiger charge is 2.44. The van der Waals surface area contributed by atoms with Crippen molar-refractivity contribution in [2.45, 2.75) is 63.7 Å². The van der Waals surface area contributed by atoms with Gasteiger partial charge in [-0.1, -0.05) is 12.1 Å². The quantitative estimate of drug-likeness (QED) is 0.285. The highest BCUT2D eigenvalue weighted by molar-refractivity contribution is 7.86. The number of unbranched alkanes of at least 4 members (excludes halogenated alkanes) is 2. The van der Waals surface area contributed by atoms with Crippen molar-refractivity contribution in [2.24, 2.45) is 0 Å². The Morgan fingerprint density at radius 1 is 1.10 bits per heavy atom. The highest BCUT2D eigenvalue weighted by atomic mass is 32.2. The number of ether oxygens (including phenoxy) is 1. The predicted molar refractivity (Wildman–Crippen MR) is 117 cm³/mol. The number of rotatable bonds is 8. The van der Waals surface area contributed by atoms with Crippen molar-refractivity contribution >= 4 is 38.3 Å². The Morgan fingerprint density at radius 2 is 1.83 bits per heavy atom. The first-order chi connectivity index (χ1) is 14.1. The van der Waals surface area contributed by atoms with Gasteiger partial charge in [0.05, 0.1) is 12.0 Å². The molecule has 0 saturated heterocycles. The fourth-order valence-electron chi connectivity index (χ4n) is 4.36. The molecule has 0 fully saturated rings. The molecule has 0 radical (unpaired) electrons. The largest absolute Gasteiger partial charge is 0.466 e. The minimum Gasteiger partial charge on any atom is -0.466 e. The number of carbonyl (C=O) groups excluding carboxylic acids is 1. The van der Waals surface area contributed by atoms with Crippen LogP contribution in [0.15, 0.2) is 35.2 Å². The second-order valence-corrected chi connectivity index (χ2v) is 9.65. The molecule has 1 heterocycles. The Bertz CT molecular complexity index is 1120. The molecular weight excluding hydrogens is 402 g/mol. The summed E-state index contributed by atoms with van der Waals surface area (Å²) >= 11 is 0. The SMILES string of the molecule is CCOC(=O)CCCCC[N+]1=C(C)C(C)(C)c2c1ccc1c(S(=O)(=O)O)cccc21. The van der Waals surface area contributed by atoms with Gasteiger partial charge in [-0.2, -0.15) is 13.0 Å². The molecule has 0 aromatic heterocycles. The molecule has 1 aliphatic rings. The van der Waals surface area contributed by atoms with Crippen molar-refractivity contribution in [2.75, 3.05) is 13.2 Å². The molecular formula is C23H30NO5S+. The van der Waals surface area contributed by atoms with Crippen molar-refractivity contribution in [3.63, 3.8) is 0 Å². The maximum atomic E-state index is 11.8. The zero-order chi connectivity index (χ0) is 22.1. The van der Waals surface area contributed by atoms with Gasteiger partial charge >= 0.3 is 5.97 Å². The van der Waals surface area contributed by atoms with E-state index in [0.717, 1.165) is 42.4 Å². The molecule has 0 saturated carbocycles. The molecule has 0 bridgehead atoms. The fourth-order valence-corrected chi connectivity index (χ4v) is 5.07. The second kappa shape index (κ2) is 8.47. The van der Waals surface area contributed by atoms with E-state index in [9.17, 15) is 17.8 Å². The summed E-state index contributed by atoms with van der Waals surface area (Å²) in [6, 6.07) is 8.75. The highest BCUT2D eigenvalue weighted by Crippen LogP contribution is 2.44. The first-order valence-corrected chi connectivity index (χ1v) is 11.8. The lowest BCUT2D eigenvalue weighted by atomic mass is 9.80. The number of hydrogen-bond acceptors (Lipinski definition) is 4. The van der Waals surface area contributed by atoms with Crippen LogP contribution >= 0.6 is 0 Å². The van der Waals surface area contributed by atoms with E-state index in [4.69, 9.17) is 4.74 Å². The average molecular weight is 433 g/mol. The number of benzene rings is 2. The van der Waals surface area contributed by atoms with Crippen LogP contribution in [0, 0.1) is 0 Å². The summed E-state index contributed by atoms with van der Waals surface area (Å²) in [7, 11) is -4.30. The van der Waals surface area contributed by atoms with Gasteiger partial charge in [-0.15, -0.1) is 0 Å². The Balaban J connectivity index is 1.88. The van der Waals surface area contributed by atoms with Crippen molar-refractivity contribution < 1.29 is 27.1 Å². The topological polar surface area (TPSA) is 83.7 Å². The van der Waals surface area contributed by atoms with Crippen LogP contribution in [0.4, 0.5) is 5.69 Å². The smallest absolute Gasteiger partial charge is 0.305 e. The third-order valence-electron chi connectivity index (χ3n) is 6.07. The van der Waals surface area contributed by atoms with E-state index >= 15 is 0 Å². The maximum absolute atomic E-state index is 11.8. The van der Waals surface area contributed by atoms with Crippen LogP contribution < -0.4 is 0 Å². The molecule has 30 heavy (non-hydrogen) atoms. The summed E-state index contributed by atoms with van der Waals surface area (Å²) in [6.45, 7) is 9.44. The van der Waals surface area contributed by atoms with E-state index in [1.807, 2.05) is 19.1 Å². The summed E-state index contributed by atoms with van der Waals surface area (Å²) in [5.74, 6) is -0.144. The van der Waals surface area contributed by atoms with Crippen LogP contribution in [0.25, 0.3) is 10.8 Å². The normalized spacial score (nSPS) is 15.5. The molecule has 3 rings (SSSR count). The van der Waals surface area contributed by atoms with Gasteiger partial charge in [0, 0.05) is 36.8 Å². The number of hydrogen-bond donors (Lipinski definition) is 1. The molecule has 0 unspecified atom stereocenters. The Labute approximate surface area is 178 Å². The number of carbonyl (C=O) groups is 1. The van der Waals surface area contributed by atoms with Crippen LogP contribution in [-0.4, -0.2) is 42.4 Å². The van der Waals surface area contributed by atoms with Crippen LogP contribution in [0.5, 0.6) is 0 Å². The molecule has 2 aromatic carbocycles. The lowest BCUT2D eigenvalue weighted by molar-refractivity contribution is -0.439. The fraction of sp³-hybridized carbons (Fsp3) is 0.478. The van der Waals surface area contributed by atoms with Gasteiger partial charge in [-0.05, 0) is 51.1 Å². The molecule has 0 aliphatic carbocycles. The van der Waals surface area contributed by atoms with E-state index in [2.05, 4.69) is 25.3 Å². The zero-order valence-electron chi connectivity index (χ0n) is 18.1. The lowest BCUT2D eigenvalue weighted by Gasteiger charge is -2.17. The van der Waals surface area contributed by atoms with Gasteiger partial charge in [0.2, 0.25) is 5.69 Å². The van der Waals surface area contributed by atoms with E-state index in [1.165, 1.54) is 11.8 Å². The summed E-state index contributed by atoms with van der Waals surface area (Å²) in [4.78, 5) is 11.4. The summed E-state index contributed by atoms with van der Waals surface area (Å²) in [5, 5.41) is 1.38. The van der Waals surface area contributed by atoms with Gasteiger partial charge in [0.15, 0.2) is 5.71 Å². The molecule has 7 heteroatoms. The average Bonchev–Trinajstić information content (AvgIpc) is 2.87. The number of fused-ring (bicyclic) bond motifs is 3. The van der Waals surface area contributed by atoms with Crippen molar-refractivity contribution in [3.8, 4) is 0 Å². The maximum Gasteiger partial charge on any atom is 0.305 e. The van der Waals surface area contributed by atoms with Crippen molar-refractivity contribution in [1.29, 1.82) is 0 Å². The van der Waals surface area contributed by atoms with Crippen molar-refractivity contribution in [1.82, 2.24) is 0 Å². The van der Waals surface area contributed by atoms with Gasteiger partial charge in [-0.25, -0.2) is 0 Å². The Hall–Kier alpha value is -2.25. The number of esters is 1. The lowest BCUT2D eigenvalue weighted by Crippen LogP contribution is -2.27. The molecule has 1 N–H and O–H groups in total. The minimum atomic E-state index is -4.30. The van der Waals surface area contributed by atoms with E-state index in [1.54, 1.807) is 12.1 Å². The van der Waals surface area contributed by atoms with Crippen LogP contribution in [0.2, 0.25) is 0 Å². The molecule has 2 aromatic rings. The first-order valence-electron chi connectivity index (χ1n) is 10.4. The van der Waals surface area contributed by atoms with E-state index in [0.29, 0.717) is 18.4 Å². The third kappa shape index (κ3) is 4.14. The first kappa shape index (κ1) is 22.4. The monoisotopic (exact) mass is 432 g/mol. The zero-order valence-corrected chi connectivity index (χ0v) is 18.9. The molecule has 1 aliphatic heterocycles. The molecule has 0 atom stereocenters. The van der Waals surface area contributed by atoms with Gasteiger partial charge in [0.1, 0.15) is 11.4 Å². The van der Waals surface area contributed by atoms with E-state index in [-0.39, 0.29) is 16.3 Å². The molecule has 162 valence electrons. The van der Waals surface area contributed by atoms with Crippen LogP contribution in [0.3, 0.4) is 0 Å². The van der Waals surface area contributed by atoms with Crippen LogP contribution in [0.1, 0.15) is 58.9 Å². The van der Waals surface area contributed by atoms with Gasteiger partial charge in [-0.3, -0.25) is 9.35 Å². The molecule has 6 nitrogen and oxygen atoms in total. The van der Waals surface area contributed by atoms with Gasteiger partial charge in [0.25, 0.3) is 10.1 Å². The Morgan fingerprint density at radius 3 is 2.50 bits per heavy atom. The van der Waals surface area contributed by atoms with Crippen LogP contribution in [-0.2, 0) is 25.1 Å². The summed E-state index contributed by atoms with van der Waals surface area (Å²) < 4.78 is 40.6. The summed E-state index contributed by atoms with van der Waals surface area (Å²) in [6.07, 6.45) is 3.12. The minimum absolute atomic E-state index is 0.0614. The Kier molecular flexibility index (Phi) is 6.34. The molecule has 0 amide bonds. The third-order valence-corrected chi connectivity index (χ3v) is 6.98. The van der Waals surface area contributed by atoms with E-state index < -0.39 is 10.1 Å². The summed E-state index contributed by atoms with van der Waals surface area (Å²) in [5.41, 5.74) is 3.09.